The van der Waals surface area contributed by atoms with Gasteiger partial charge in [0, 0.05) is 11.6 Å². The van der Waals surface area contributed by atoms with Crippen LogP contribution < -0.4 is 10.5 Å². The van der Waals surface area contributed by atoms with Crippen molar-refractivity contribution in [3.8, 4) is 11.5 Å². The summed E-state index contributed by atoms with van der Waals surface area (Å²) in [6.07, 6.45) is 0. The van der Waals surface area contributed by atoms with Gasteiger partial charge in [-0.05, 0) is 25.5 Å². The minimum absolute atomic E-state index is 0.00381. The first-order valence-electron chi connectivity index (χ1n) is 4.30. The molecule has 78 valence electrons. The van der Waals surface area contributed by atoms with Gasteiger partial charge in [0.15, 0.2) is 0 Å². The molecule has 0 radical (unpaired) electrons. The van der Waals surface area contributed by atoms with Crippen molar-refractivity contribution in [2.45, 2.75) is 19.9 Å². The first kappa shape index (κ1) is 11.1. The van der Waals surface area contributed by atoms with Gasteiger partial charge in [0.1, 0.15) is 16.5 Å². The van der Waals surface area contributed by atoms with Crippen LogP contribution in [0.5, 0.6) is 11.5 Å². The van der Waals surface area contributed by atoms with Gasteiger partial charge in [-0.25, -0.2) is 0 Å². The molecule has 1 aromatic rings. The summed E-state index contributed by atoms with van der Waals surface area (Å²) in [5, 5.41) is 9.93. The van der Waals surface area contributed by atoms with Crippen molar-refractivity contribution in [2.24, 2.45) is 5.73 Å². The van der Waals surface area contributed by atoms with Crippen LogP contribution in [-0.4, -0.2) is 12.2 Å². The Hall–Kier alpha value is -0.930. The van der Waals surface area contributed by atoms with Crippen molar-refractivity contribution in [3.63, 3.8) is 0 Å². The van der Waals surface area contributed by atoms with Crippen LogP contribution in [0, 0.1) is 6.92 Å². The minimum atomic E-state index is -0.253. The second-order valence-corrected chi connectivity index (χ2v) is 3.65. The highest BCUT2D eigenvalue weighted by Crippen LogP contribution is 2.40. The van der Waals surface area contributed by atoms with Crippen molar-refractivity contribution in [1.82, 2.24) is 0 Å². The van der Waals surface area contributed by atoms with Crippen molar-refractivity contribution < 1.29 is 9.84 Å². The number of benzene rings is 1. The Morgan fingerprint density at radius 3 is 2.57 bits per heavy atom. The zero-order chi connectivity index (χ0) is 10.9. The lowest BCUT2D eigenvalue weighted by molar-refractivity contribution is 0.403. The minimum Gasteiger partial charge on any atom is -0.506 e. The van der Waals surface area contributed by atoms with Crippen molar-refractivity contribution >= 4 is 11.6 Å². The van der Waals surface area contributed by atoms with Gasteiger partial charge in [-0.1, -0.05) is 11.6 Å². The van der Waals surface area contributed by atoms with Gasteiger partial charge >= 0.3 is 0 Å². The Balaban J connectivity index is 3.40. The molecule has 0 fully saturated rings. The molecular weight excluding hydrogens is 202 g/mol. The van der Waals surface area contributed by atoms with E-state index >= 15 is 0 Å². The summed E-state index contributed by atoms with van der Waals surface area (Å²) in [6, 6.07) is 1.53. The average molecular weight is 216 g/mol. The molecule has 0 bridgehead atoms. The van der Waals surface area contributed by atoms with Gasteiger partial charge in [0.2, 0.25) is 0 Å². The molecule has 1 unspecified atom stereocenters. The van der Waals surface area contributed by atoms with Crippen LogP contribution in [0.1, 0.15) is 24.1 Å². The Morgan fingerprint density at radius 1 is 1.57 bits per heavy atom. The number of ether oxygens (including phenoxy) is 1. The maximum absolute atomic E-state index is 9.71. The highest BCUT2D eigenvalue weighted by molar-refractivity contribution is 6.33. The number of hydrogen-bond acceptors (Lipinski definition) is 3. The van der Waals surface area contributed by atoms with Crippen molar-refractivity contribution in [2.75, 3.05) is 7.11 Å². The Morgan fingerprint density at radius 2 is 2.14 bits per heavy atom. The fourth-order valence-corrected chi connectivity index (χ4v) is 1.71. The fraction of sp³-hybridized carbons (Fsp3) is 0.400. The Labute approximate surface area is 88.4 Å². The summed E-state index contributed by atoms with van der Waals surface area (Å²) in [5.74, 6) is 0.498. The molecule has 1 rings (SSSR count). The molecule has 0 aliphatic heterocycles. The quantitative estimate of drug-likeness (QED) is 0.797. The normalized spacial score (nSPS) is 12.6. The molecule has 3 nitrogen and oxygen atoms in total. The molecule has 0 heterocycles. The Bertz CT molecular complexity index is 350. The second kappa shape index (κ2) is 4.07. The smallest absolute Gasteiger partial charge is 0.144 e. The van der Waals surface area contributed by atoms with Crippen LogP contribution in [0.2, 0.25) is 5.02 Å². The number of hydrogen-bond donors (Lipinski definition) is 2. The molecule has 0 aromatic heterocycles. The second-order valence-electron chi connectivity index (χ2n) is 3.27. The van der Waals surface area contributed by atoms with E-state index in [9.17, 15) is 5.11 Å². The van der Waals surface area contributed by atoms with E-state index in [1.807, 2.05) is 6.92 Å². The molecule has 0 saturated heterocycles. The Kier molecular flexibility index (Phi) is 3.24. The number of methoxy groups -OCH3 is 1. The lowest BCUT2D eigenvalue weighted by Crippen LogP contribution is -2.06. The summed E-state index contributed by atoms with van der Waals surface area (Å²) < 4.78 is 5.06. The van der Waals surface area contributed by atoms with Gasteiger partial charge in [-0.15, -0.1) is 0 Å². The third-order valence-corrected chi connectivity index (χ3v) is 2.46. The first-order valence-corrected chi connectivity index (χ1v) is 4.68. The third-order valence-electron chi connectivity index (χ3n) is 2.11. The van der Waals surface area contributed by atoms with Gasteiger partial charge in [-0.2, -0.15) is 0 Å². The first-order chi connectivity index (χ1) is 6.49. The fourth-order valence-electron chi connectivity index (χ4n) is 1.37. The lowest BCUT2D eigenvalue weighted by Gasteiger charge is -2.14. The van der Waals surface area contributed by atoms with E-state index in [2.05, 4.69) is 0 Å². The SMILES string of the molecule is COc1c(C)cc(C(C)N)c(O)c1Cl. The summed E-state index contributed by atoms with van der Waals surface area (Å²) in [6.45, 7) is 3.65. The van der Waals surface area contributed by atoms with Crippen LogP contribution in [-0.2, 0) is 0 Å². The lowest BCUT2D eigenvalue weighted by atomic mass is 10.0. The van der Waals surface area contributed by atoms with Crippen molar-refractivity contribution in [3.05, 3.63) is 22.2 Å². The average Bonchev–Trinajstić information content (AvgIpc) is 2.12. The maximum atomic E-state index is 9.71. The number of halogens is 1. The predicted octanol–water partition coefficient (Wildman–Crippen LogP) is 2.38. The van der Waals surface area contributed by atoms with Gasteiger partial charge in [0.05, 0.1) is 7.11 Å². The van der Waals surface area contributed by atoms with E-state index in [0.29, 0.717) is 11.3 Å². The molecule has 0 saturated carbocycles. The number of rotatable bonds is 2. The molecule has 1 aromatic carbocycles. The van der Waals surface area contributed by atoms with E-state index in [-0.39, 0.29) is 16.8 Å². The molecule has 4 heteroatoms. The highest BCUT2D eigenvalue weighted by Gasteiger charge is 2.16. The molecule has 14 heavy (non-hydrogen) atoms. The zero-order valence-electron chi connectivity index (χ0n) is 8.47. The standard InChI is InChI=1S/C10H14ClNO2/c1-5-4-7(6(2)12)9(13)8(11)10(5)14-3/h4,6,13H,12H2,1-3H3. The number of phenolic OH excluding ortho intramolecular Hbond substituents is 1. The molecule has 0 aliphatic rings. The topological polar surface area (TPSA) is 55.5 Å². The van der Waals surface area contributed by atoms with E-state index in [4.69, 9.17) is 22.1 Å². The van der Waals surface area contributed by atoms with Crippen LogP contribution in [0.3, 0.4) is 0 Å². The number of phenols is 1. The van der Waals surface area contributed by atoms with Gasteiger partial charge in [0.25, 0.3) is 0 Å². The van der Waals surface area contributed by atoms with E-state index < -0.39 is 0 Å². The summed E-state index contributed by atoms with van der Waals surface area (Å²) >= 11 is 5.92. The van der Waals surface area contributed by atoms with Crippen LogP contribution >= 0.6 is 11.6 Å². The van der Waals surface area contributed by atoms with Crippen LogP contribution in [0.4, 0.5) is 0 Å². The molecule has 1 atom stereocenters. The maximum Gasteiger partial charge on any atom is 0.144 e. The van der Waals surface area contributed by atoms with Crippen molar-refractivity contribution in [1.29, 1.82) is 0 Å². The van der Waals surface area contributed by atoms with E-state index in [1.54, 1.807) is 13.0 Å². The third kappa shape index (κ3) is 1.79. The molecule has 0 aliphatic carbocycles. The molecule has 3 N–H and O–H groups in total. The van der Waals surface area contributed by atoms with E-state index in [1.165, 1.54) is 7.11 Å². The van der Waals surface area contributed by atoms with E-state index in [0.717, 1.165) is 5.56 Å². The predicted molar refractivity (Wildman–Crippen MR) is 57.0 cm³/mol. The molecular formula is C10H14ClNO2. The summed E-state index contributed by atoms with van der Waals surface area (Å²) in [5.41, 5.74) is 7.18. The van der Waals surface area contributed by atoms with Gasteiger partial charge in [-0.3, -0.25) is 0 Å². The van der Waals surface area contributed by atoms with Crippen LogP contribution in [0.15, 0.2) is 6.07 Å². The summed E-state index contributed by atoms with van der Waals surface area (Å²) in [4.78, 5) is 0. The van der Waals surface area contributed by atoms with Crippen LogP contribution in [0.25, 0.3) is 0 Å². The summed E-state index contributed by atoms with van der Waals surface area (Å²) in [7, 11) is 1.51. The van der Waals surface area contributed by atoms with Gasteiger partial charge < -0.3 is 15.6 Å². The highest BCUT2D eigenvalue weighted by atomic mass is 35.5. The number of nitrogens with two attached hydrogens (primary N) is 1. The largest absolute Gasteiger partial charge is 0.506 e. The molecule has 0 amide bonds. The number of aromatic hydroxyl groups is 1. The zero-order valence-corrected chi connectivity index (χ0v) is 9.22. The monoisotopic (exact) mass is 215 g/mol. The number of aryl methyl sites for hydroxylation is 1. The molecule has 0 spiro atoms.